The number of aryl methyl sites for hydroxylation is 1. The summed E-state index contributed by atoms with van der Waals surface area (Å²) in [5, 5.41) is 11.5. The Bertz CT molecular complexity index is 663. The number of hydrogen-bond acceptors (Lipinski definition) is 3. The molecule has 1 aromatic carbocycles. The summed E-state index contributed by atoms with van der Waals surface area (Å²) in [4.78, 5) is 15.8. The molecule has 2 N–H and O–H groups in total. The van der Waals surface area contributed by atoms with Gasteiger partial charge in [-0.25, -0.2) is 4.98 Å². The van der Waals surface area contributed by atoms with Gasteiger partial charge in [0.1, 0.15) is 5.69 Å². The molecule has 0 spiro atoms. The van der Waals surface area contributed by atoms with Crippen LogP contribution in [-0.2, 0) is 13.6 Å². The molecule has 1 heterocycles. The van der Waals surface area contributed by atoms with E-state index in [0.29, 0.717) is 18.7 Å². The van der Waals surface area contributed by atoms with Gasteiger partial charge in [0.15, 0.2) is 0 Å². The summed E-state index contributed by atoms with van der Waals surface area (Å²) >= 11 is 0. The van der Waals surface area contributed by atoms with Crippen LogP contribution in [0.5, 0.6) is 0 Å². The highest BCUT2D eigenvalue weighted by Gasteiger charge is 2.07. The first kappa shape index (κ1) is 14.8. The van der Waals surface area contributed by atoms with Gasteiger partial charge in [0.2, 0.25) is 0 Å². The molecule has 5 heteroatoms. The van der Waals surface area contributed by atoms with Gasteiger partial charge in [-0.3, -0.25) is 4.79 Å². The second-order valence-electron chi connectivity index (χ2n) is 4.58. The normalized spacial score (nSPS) is 9.81. The Kier molecular flexibility index (Phi) is 5.13. The van der Waals surface area contributed by atoms with E-state index in [1.165, 1.54) is 0 Å². The molecule has 108 valence electrons. The summed E-state index contributed by atoms with van der Waals surface area (Å²) in [6, 6.07) is 7.63. The van der Waals surface area contributed by atoms with Crippen LogP contribution in [0, 0.1) is 11.8 Å². The van der Waals surface area contributed by atoms with Crippen LogP contribution < -0.4 is 5.32 Å². The minimum absolute atomic E-state index is 0.0740. The van der Waals surface area contributed by atoms with Crippen LogP contribution in [0.1, 0.15) is 28.0 Å². The predicted octanol–water partition coefficient (Wildman–Crippen LogP) is 1.08. The van der Waals surface area contributed by atoms with Gasteiger partial charge in [0.25, 0.3) is 5.91 Å². The molecule has 0 atom stereocenters. The van der Waals surface area contributed by atoms with E-state index in [1.54, 1.807) is 17.1 Å². The lowest BCUT2D eigenvalue weighted by atomic mass is 10.1. The van der Waals surface area contributed by atoms with E-state index in [4.69, 9.17) is 5.11 Å². The molecule has 1 amide bonds. The average molecular weight is 283 g/mol. The number of hydrogen-bond donors (Lipinski definition) is 2. The lowest BCUT2D eigenvalue weighted by Gasteiger charge is -2.03. The van der Waals surface area contributed by atoms with Gasteiger partial charge in [-0.2, -0.15) is 0 Å². The first-order valence-corrected chi connectivity index (χ1v) is 6.64. The first-order valence-electron chi connectivity index (χ1n) is 6.64. The molecule has 0 aliphatic rings. The van der Waals surface area contributed by atoms with Crippen molar-refractivity contribution in [1.82, 2.24) is 14.9 Å². The topological polar surface area (TPSA) is 67.2 Å². The second-order valence-corrected chi connectivity index (χ2v) is 4.58. The zero-order chi connectivity index (χ0) is 15.1. The van der Waals surface area contributed by atoms with Gasteiger partial charge in [-0.1, -0.05) is 24.0 Å². The second kappa shape index (κ2) is 7.27. The molecular weight excluding hydrogens is 266 g/mol. The van der Waals surface area contributed by atoms with Crippen molar-refractivity contribution in [3.05, 3.63) is 53.6 Å². The van der Waals surface area contributed by atoms with Crippen LogP contribution in [0.15, 0.2) is 36.8 Å². The highest BCUT2D eigenvalue weighted by Crippen LogP contribution is 2.04. The minimum atomic E-state index is -0.192. The maximum absolute atomic E-state index is 11.8. The molecule has 2 aromatic rings. The molecular formula is C16H17N3O2. The Hall–Kier alpha value is -2.58. The number of aliphatic hydroxyl groups excluding tert-OH is 1. The van der Waals surface area contributed by atoms with Crippen LogP contribution in [0.3, 0.4) is 0 Å². The van der Waals surface area contributed by atoms with Crippen molar-refractivity contribution in [2.75, 3.05) is 6.61 Å². The molecule has 0 aliphatic heterocycles. The van der Waals surface area contributed by atoms with Crippen LogP contribution in [0.25, 0.3) is 0 Å². The number of carbonyl (C=O) groups excluding carboxylic acids is 1. The summed E-state index contributed by atoms with van der Waals surface area (Å²) in [7, 11) is 1.82. The summed E-state index contributed by atoms with van der Waals surface area (Å²) in [6.07, 6.45) is 3.74. The number of amides is 1. The van der Waals surface area contributed by atoms with Crippen LogP contribution in [0.4, 0.5) is 0 Å². The highest BCUT2D eigenvalue weighted by molar-refractivity contribution is 5.91. The zero-order valence-corrected chi connectivity index (χ0v) is 11.8. The molecule has 0 saturated carbocycles. The van der Waals surface area contributed by atoms with Crippen molar-refractivity contribution in [2.24, 2.45) is 7.05 Å². The molecule has 0 fully saturated rings. The Morgan fingerprint density at radius 3 is 2.76 bits per heavy atom. The molecule has 0 bridgehead atoms. The van der Waals surface area contributed by atoms with E-state index in [9.17, 15) is 4.79 Å². The number of rotatable bonds is 4. The van der Waals surface area contributed by atoms with Gasteiger partial charge in [-0.05, 0) is 17.7 Å². The smallest absolute Gasteiger partial charge is 0.271 e. The first-order chi connectivity index (χ1) is 10.2. The Morgan fingerprint density at radius 2 is 2.14 bits per heavy atom. The summed E-state index contributed by atoms with van der Waals surface area (Å²) < 4.78 is 1.73. The van der Waals surface area contributed by atoms with Gasteiger partial charge in [0, 0.05) is 31.8 Å². The van der Waals surface area contributed by atoms with Gasteiger partial charge < -0.3 is 15.0 Å². The van der Waals surface area contributed by atoms with Crippen LogP contribution in [0.2, 0.25) is 0 Å². The third-order valence-electron chi connectivity index (χ3n) is 2.81. The summed E-state index contributed by atoms with van der Waals surface area (Å²) in [5.41, 5.74) is 2.29. The van der Waals surface area contributed by atoms with E-state index in [1.807, 2.05) is 31.3 Å². The maximum Gasteiger partial charge on any atom is 0.271 e. The fourth-order valence-electron chi connectivity index (χ4n) is 1.73. The lowest BCUT2D eigenvalue weighted by Crippen LogP contribution is -2.23. The molecule has 0 saturated heterocycles. The lowest BCUT2D eigenvalue weighted by molar-refractivity contribution is 0.0946. The fourth-order valence-corrected chi connectivity index (χ4v) is 1.73. The number of aliphatic hydroxyl groups is 1. The standard InChI is InChI=1S/C16H17N3O2/c1-19-11-15(18-12-19)16(21)17-10-14-7-5-13(6-8-14)4-2-3-9-20/h5-8,11-12,20H,3,9-10H2,1H3,(H,17,21). The number of carbonyl (C=O) groups is 1. The van der Waals surface area contributed by atoms with Crippen molar-refractivity contribution >= 4 is 5.91 Å². The minimum Gasteiger partial charge on any atom is -0.395 e. The zero-order valence-electron chi connectivity index (χ0n) is 11.8. The van der Waals surface area contributed by atoms with Crippen molar-refractivity contribution in [1.29, 1.82) is 0 Å². The quantitative estimate of drug-likeness (QED) is 0.825. The van der Waals surface area contributed by atoms with E-state index in [-0.39, 0.29) is 12.5 Å². The highest BCUT2D eigenvalue weighted by atomic mass is 16.2. The average Bonchev–Trinajstić information content (AvgIpc) is 2.93. The third-order valence-corrected chi connectivity index (χ3v) is 2.81. The van der Waals surface area contributed by atoms with Crippen LogP contribution >= 0.6 is 0 Å². The molecule has 21 heavy (non-hydrogen) atoms. The van der Waals surface area contributed by atoms with E-state index < -0.39 is 0 Å². The van der Waals surface area contributed by atoms with Gasteiger partial charge in [0.05, 0.1) is 12.9 Å². The van der Waals surface area contributed by atoms with Gasteiger partial charge in [-0.15, -0.1) is 0 Å². The van der Waals surface area contributed by atoms with Crippen molar-refractivity contribution in [3.8, 4) is 11.8 Å². The van der Waals surface area contributed by atoms with Crippen LogP contribution in [-0.4, -0.2) is 27.2 Å². The SMILES string of the molecule is Cn1cnc(C(=O)NCc2ccc(C#CCCO)cc2)c1. The van der Waals surface area contributed by atoms with E-state index >= 15 is 0 Å². The molecule has 0 radical (unpaired) electrons. The number of aromatic nitrogens is 2. The number of nitrogens with zero attached hydrogens (tertiary/aromatic N) is 2. The van der Waals surface area contributed by atoms with Crippen molar-refractivity contribution in [2.45, 2.75) is 13.0 Å². The van der Waals surface area contributed by atoms with E-state index in [0.717, 1.165) is 11.1 Å². The Balaban J connectivity index is 1.89. The Morgan fingerprint density at radius 1 is 1.38 bits per heavy atom. The van der Waals surface area contributed by atoms with E-state index in [2.05, 4.69) is 22.1 Å². The fraction of sp³-hybridized carbons (Fsp3) is 0.250. The predicted molar refractivity (Wildman–Crippen MR) is 79.4 cm³/mol. The number of benzene rings is 1. The summed E-state index contributed by atoms with van der Waals surface area (Å²) in [6.45, 7) is 0.518. The maximum atomic E-state index is 11.8. The molecule has 5 nitrogen and oxygen atoms in total. The van der Waals surface area contributed by atoms with Gasteiger partial charge >= 0.3 is 0 Å². The summed E-state index contributed by atoms with van der Waals surface area (Å²) in [5.74, 6) is 5.63. The van der Waals surface area contributed by atoms with Crippen molar-refractivity contribution < 1.29 is 9.90 Å². The molecule has 0 aliphatic carbocycles. The molecule has 2 rings (SSSR count). The monoisotopic (exact) mass is 283 g/mol. The largest absolute Gasteiger partial charge is 0.395 e. The van der Waals surface area contributed by atoms with Crippen molar-refractivity contribution in [3.63, 3.8) is 0 Å². The Labute approximate surface area is 123 Å². The third kappa shape index (κ3) is 4.48. The molecule has 1 aromatic heterocycles. The number of nitrogens with one attached hydrogen (secondary N) is 1. The molecule has 0 unspecified atom stereocenters. The number of imidazole rings is 1.